The average Bonchev–Trinajstić information content (AvgIpc) is 2.62. The molecule has 0 aliphatic heterocycles. The first-order valence-electron chi connectivity index (χ1n) is 5.48. The molecule has 5 heteroatoms. The molecule has 1 aromatic heterocycles. The third-order valence-electron chi connectivity index (χ3n) is 3.62. The number of anilines is 1. The quantitative estimate of drug-likeness (QED) is 0.801. The largest absolute Gasteiger partial charge is 0.481 e. The maximum atomic E-state index is 11.5. The van der Waals surface area contributed by atoms with E-state index < -0.39 is 11.4 Å². The zero-order chi connectivity index (χ0) is 12.8. The monoisotopic (exact) mass is 250 g/mol. The fraction of sp³-hybridized carbons (Fsp3) is 0.500. The van der Waals surface area contributed by atoms with Crippen molar-refractivity contribution >= 4 is 22.3 Å². The van der Waals surface area contributed by atoms with Crippen molar-refractivity contribution < 1.29 is 9.90 Å². The second-order valence-corrected chi connectivity index (χ2v) is 5.85. The van der Waals surface area contributed by atoms with Crippen LogP contribution in [0.1, 0.15) is 48.6 Å². The molecule has 1 aliphatic rings. The fourth-order valence-electron chi connectivity index (χ4n) is 2.45. The predicted octanol–water partition coefficient (Wildman–Crippen LogP) is 2.44. The van der Waals surface area contributed by atoms with Crippen molar-refractivity contribution in [1.29, 1.82) is 5.26 Å². The minimum atomic E-state index is -0.971. The second-order valence-electron chi connectivity index (χ2n) is 4.77. The van der Waals surface area contributed by atoms with Gasteiger partial charge in [-0.25, -0.2) is 0 Å². The Balaban J connectivity index is 2.75. The lowest BCUT2D eigenvalue weighted by Gasteiger charge is -2.33. The molecule has 1 heterocycles. The van der Waals surface area contributed by atoms with E-state index in [-0.39, 0.29) is 5.92 Å². The van der Waals surface area contributed by atoms with Crippen LogP contribution in [0.25, 0.3) is 0 Å². The van der Waals surface area contributed by atoms with Gasteiger partial charge in [0.15, 0.2) is 0 Å². The van der Waals surface area contributed by atoms with Crippen molar-refractivity contribution in [3.05, 3.63) is 16.0 Å². The molecule has 0 fully saturated rings. The lowest BCUT2D eigenvalue weighted by Crippen LogP contribution is -2.36. The van der Waals surface area contributed by atoms with E-state index in [1.165, 1.54) is 11.3 Å². The molecule has 0 saturated carbocycles. The third-order valence-corrected chi connectivity index (χ3v) is 4.87. The van der Waals surface area contributed by atoms with Crippen LogP contribution in [-0.2, 0) is 10.2 Å². The zero-order valence-corrected chi connectivity index (χ0v) is 10.6. The smallest absolute Gasteiger partial charge is 0.313 e. The van der Waals surface area contributed by atoms with E-state index in [2.05, 4.69) is 13.0 Å². The van der Waals surface area contributed by atoms with E-state index >= 15 is 0 Å². The van der Waals surface area contributed by atoms with Gasteiger partial charge in [0.1, 0.15) is 11.1 Å². The summed E-state index contributed by atoms with van der Waals surface area (Å²) in [6.07, 6.45) is 1.38. The Morgan fingerprint density at radius 2 is 2.35 bits per heavy atom. The van der Waals surface area contributed by atoms with Gasteiger partial charge in [-0.2, -0.15) is 5.26 Å². The van der Waals surface area contributed by atoms with E-state index in [0.29, 0.717) is 22.5 Å². The number of rotatable bonds is 1. The van der Waals surface area contributed by atoms with Gasteiger partial charge in [0.05, 0.1) is 11.0 Å². The summed E-state index contributed by atoms with van der Waals surface area (Å²) < 4.78 is 0. The number of aliphatic carboxylic acids is 1. The Bertz CT molecular complexity index is 529. The highest BCUT2D eigenvalue weighted by Crippen LogP contribution is 2.49. The summed E-state index contributed by atoms with van der Waals surface area (Å²) in [5.74, 6) is -0.591. The summed E-state index contributed by atoms with van der Waals surface area (Å²) in [5, 5.41) is 19.0. The highest BCUT2D eigenvalue weighted by molar-refractivity contribution is 7.16. The van der Waals surface area contributed by atoms with Crippen LogP contribution in [-0.4, -0.2) is 11.1 Å². The van der Waals surface area contributed by atoms with Crippen molar-refractivity contribution in [1.82, 2.24) is 0 Å². The predicted molar refractivity (Wildman–Crippen MR) is 66.1 cm³/mol. The first-order valence-corrected chi connectivity index (χ1v) is 6.29. The van der Waals surface area contributed by atoms with Crippen molar-refractivity contribution in [2.24, 2.45) is 0 Å². The lowest BCUT2D eigenvalue weighted by atomic mass is 9.70. The van der Waals surface area contributed by atoms with E-state index in [0.717, 1.165) is 11.3 Å². The molecule has 17 heavy (non-hydrogen) atoms. The summed E-state index contributed by atoms with van der Waals surface area (Å²) in [6, 6.07) is 2.06. The van der Waals surface area contributed by atoms with Gasteiger partial charge in [0.25, 0.3) is 0 Å². The van der Waals surface area contributed by atoms with E-state index in [1.54, 1.807) is 6.92 Å². The molecule has 2 rings (SSSR count). The van der Waals surface area contributed by atoms with Crippen LogP contribution in [0.2, 0.25) is 0 Å². The molecule has 1 aliphatic carbocycles. The van der Waals surface area contributed by atoms with Crippen molar-refractivity contribution in [3.63, 3.8) is 0 Å². The van der Waals surface area contributed by atoms with E-state index in [9.17, 15) is 9.90 Å². The average molecular weight is 250 g/mol. The molecular weight excluding hydrogens is 236 g/mol. The molecule has 0 amide bonds. The lowest BCUT2D eigenvalue weighted by molar-refractivity contribution is -0.143. The maximum Gasteiger partial charge on any atom is 0.313 e. The van der Waals surface area contributed by atoms with Gasteiger partial charge in [-0.15, -0.1) is 11.3 Å². The zero-order valence-electron chi connectivity index (χ0n) is 9.78. The van der Waals surface area contributed by atoms with Gasteiger partial charge in [-0.1, -0.05) is 6.92 Å². The molecule has 0 aromatic carbocycles. The molecule has 0 saturated heterocycles. The Labute approximate surface area is 104 Å². The maximum absolute atomic E-state index is 11.5. The molecule has 1 aromatic rings. The highest BCUT2D eigenvalue weighted by Gasteiger charge is 2.44. The Kier molecular flexibility index (Phi) is 2.63. The number of carboxylic acids is 1. The number of hydrogen-bond donors (Lipinski definition) is 2. The first kappa shape index (κ1) is 11.9. The first-order chi connectivity index (χ1) is 7.91. The Morgan fingerprint density at radius 1 is 1.71 bits per heavy atom. The summed E-state index contributed by atoms with van der Waals surface area (Å²) in [5.41, 5.74) is 5.86. The number of nitrogens with zero attached hydrogens (tertiary/aromatic N) is 1. The van der Waals surface area contributed by atoms with Crippen LogP contribution >= 0.6 is 11.3 Å². The van der Waals surface area contributed by atoms with Gasteiger partial charge in [0.2, 0.25) is 0 Å². The van der Waals surface area contributed by atoms with Crippen LogP contribution in [0.5, 0.6) is 0 Å². The number of nitrogen functional groups attached to an aromatic ring is 1. The topological polar surface area (TPSA) is 87.1 Å². The normalized spacial score (nSPS) is 27.2. The van der Waals surface area contributed by atoms with Crippen molar-refractivity contribution in [3.8, 4) is 6.07 Å². The minimum Gasteiger partial charge on any atom is -0.481 e. The van der Waals surface area contributed by atoms with Crippen molar-refractivity contribution in [2.75, 3.05) is 5.73 Å². The summed E-state index contributed by atoms with van der Waals surface area (Å²) in [4.78, 5) is 12.4. The van der Waals surface area contributed by atoms with Gasteiger partial charge >= 0.3 is 5.97 Å². The van der Waals surface area contributed by atoms with Gasteiger partial charge in [0, 0.05) is 10.4 Å². The number of nitriles is 1. The number of hydrogen-bond acceptors (Lipinski definition) is 4. The van der Waals surface area contributed by atoms with E-state index in [1.807, 2.05) is 0 Å². The molecule has 2 atom stereocenters. The molecule has 3 N–H and O–H groups in total. The molecule has 4 nitrogen and oxygen atoms in total. The molecule has 0 bridgehead atoms. The van der Waals surface area contributed by atoms with Gasteiger partial charge in [-0.05, 0) is 25.7 Å². The van der Waals surface area contributed by atoms with Gasteiger partial charge in [-0.3, -0.25) is 4.79 Å². The number of carboxylic acid groups (broad SMARTS) is 1. The third kappa shape index (κ3) is 1.52. The molecule has 0 radical (unpaired) electrons. The minimum absolute atomic E-state index is 0.284. The Hall–Kier alpha value is -1.54. The summed E-state index contributed by atoms with van der Waals surface area (Å²) in [6.45, 7) is 3.74. The molecule has 90 valence electrons. The van der Waals surface area contributed by atoms with E-state index in [4.69, 9.17) is 11.0 Å². The second kappa shape index (κ2) is 3.74. The van der Waals surface area contributed by atoms with Crippen LogP contribution < -0.4 is 5.73 Å². The fourth-order valence-corrected chi connectivity index (χ4v) is 3.68. The number of nitrogens with two attached hydrogens (primary N) is 1. The number of thiophene rings is 1. The summed E-state index contributed by atoms with van der Waals surface area (Å²) >= 11 is 1.36. The Morgan fingerprint density at radius 3 is 2.88 bits per heavy atom. The van der Waals surface area contributed by atoms with Crippen LogP contribution in [0.3, 0.4) is 0 Å². The SMILES string of the molecule is CC1CC[C@@](C)(C(=O)O)c2c1sc(N)c2C#N. The van der Waals surface area contributed by atoms with Gasteiger partial charge < -0.3 is 10.8 Å². The molecular formula is C12H14N2O2S. The van der Waals surface area contributed by atoms with Crippen LogP contribution in [0, 0.1) is 11.3 Å². The summed E-state index contributed by atoms with van der Waals surface area (Å²) in [7, 11) is 0. The van der Waals surface area contributed by atoms with Crippen molar-refractivity contribution in [2.45, 2.75) is 38.0 Å². The molecule has 1 unspecified atom stereocenters. The van der Waals surface area contributed by atoms with Crippen LogP contribution in [0.15, 0.2) is 0 Å². The molecule has 0 spiro atoms. The highest BCUT2D eigenvalue weighted by atomic mass is 32.1. The number of carbonyl (C=O) groups is 1. The standard InChI is InChI=1S/C12H14N2O2S/c1-6-3-4-12(2,11(15)16)8-7(5-13)10(14)17-9(6)8/h6H,3-4,14H2,1-2H3,(H,15,16)/t6?,12-/m1/s1. The van der Waals surface area contributed by atoms with Crippen LogP contribution in [0.4, 0.5) is 5.00 Å². The number of fused-ring (bicyclic) bond motifs is 1.